The molecule has 1 atom stereocenters. The smallest absolute Gasteiger partial charge is 0.338 e. The molecule has 1 aromatic carbocycles. The van der Waals surface area contributed by atoms with Gasteiger partial charge in [0, 0.05) is 18.1 Å². The monoisotopic (exact) mass is 348 g/mol. The Kier molecular flexibility index (Phi) is 4.14. The standard InChI is InChI=1S/C18H16N6O2/c1-12-15(17(25)26-11-13-6-3-2-4-7-13)16(14-8-5-9-19-10-14)24-18(20-12)21-22-23-24/h2-10,16H,11H2,1H3,(H,20,21,23)/t16-/m1/s1. The minimum absolute atomic E-state index is 0.193. The second-order valence-corrected chi connectivity index (χ2v) is 5.86. The second-order valence-electron chi connectivity index (χ2n) is 5.86. The van der Waals surface area contributed by atoms with Crippen molar-refractivity contribution >= 4 is 11.9 Å². The number of ether oxygens (including phenoxy) is 1. The highest BCUT2D eigenvalue weighted by atomic mass is 16.5. The fraction of sp³-hybridized carbons (Fsp3) is 0.167. The van der Waals surface area contributed by atoms with Crippen LogP contribution >= 0.6 is 0 Å². The molecule has 0 saturated carbocycles. The summed E-state index contributed by atoms with van der Waals surface area (Å²) in [5, 5.41) is 14.7. The van der Waals surface area contributed by atoms with Crippen molar-refractivity contribution in [1.82, 2.24) is 25.2 Å². The van der Waals surface area contributed by atoms with Crippen LogP contribution in [0.3, 0.4) is 0 Å². The SMILES string of the molecule is CC1=C(C(=O)OCc2ccccc2)[C@@H](c2cccnc2)n2nnnc2N1. The number of carbonyl (C=O) groups excluding carboxylic acids is 1. The van der Waals surface area contributed by atoms with Gasteiger partial charge in [-0.15, -0.1) is 0 Å². The molecule has 26 heavy (non-hydrogen) atoms. The van der Waals surface area contributed by atoms with Gasteiger partial charge in [0.05, 0.1) is 5.57 Å². The highest BCUT2D eigenvalue weighted by Gasteiger charge is 2.35. The molecule has 8 heteroatoms. The Bertz CT molecular complexity index is 952. The largest absolute Gasteiger partial charge is 0.457 e. The lowest BCUT2D eigenvalue weighted by Crippen LogP contribution is -2.29. The number of allylic oxidation sites excluding steroid dienone is 1. The molecule has 130 valence electrons. The van der Waals surface area contributed by atoms with E-state index in [4.69, 9.17) is 4.74 Å². The predicted molar refractivity (Wildman–Crippen MR) is 92.8 cm³/mol. The van der Waals surface area contributed by atoms with E-state index in [1.54, 1.807) is 24.0 Å². The third kappa shape index (κ3) is 2.92. The summed E-state index contributed by atoms with van der Waals surface area (Å²) in [6.45, 7) is 2.00. The van der Waals surface area contributed by atoms with Gasteiger partial charge in [0.15, 0.2) is 0 Å². The molecule has 0 unspecified atom stereocenters. The van der Waals surface area contributed by atoms with Crippen molar-refractivity contribution in [1.29, 1.82) is 0 Å². The van der Waals surface area contributed by atoms with E-state index in [2.05, 4.69) is 25.8 Å². The summed E-state index contributed by atoms with van der Waals surface area (Å²) in [5.74, 6) is 0.0461. The van der Waals surface area contributed by atoms with Crippen molar-refractivity contribution in [2.45, 2.75) is 19.6 Å². The number of fused-ring (bicyclic) bond motifs is 1. The Morgan fingerprint density at radius 2 is 2.08 bits per heavy atom. The van der Waals surface area contributed by atoms with Gasteiger partial charge in [0.2, 0.25) is 5.95 Å². The summed E-state index contributed by atoms with van der Waals surface area (Å²) < 4.78 is 7.10. The molecule has 4 rings (SSSR count). The third-order valence-electron chi connectivity index (χ3n) is 4.15. The Labute approximate surface area is 149 Å². The zero-order valence-electron chi connectivity index (χ0n) is 14.0. The van der Waals surface area contributed by atoms with Crippen LogP contribution in [-0.2, 0) is 16.1 Å². The molecule has 1 N–H and O–H groups in total. The molecule has 0 spiro atoms. The fourth-order valence-electron chi connectivity index (χ4n) is 2.92. The van der Waals surface area contributed by atoms with Gasteiger partial charge in [-0.1, -0.05) is 41.5 Å². The number of carbonyl (C=O) groups is 1. The van der Waals surface area contributed by atoms with E-state index < -0.39 is 12.0 Å². The lowest BCUT2D eigenvalue weighted by Gasteiger charge is -2.27. The highest BCUT2D eigenvalue weighted by Crippen LogP contribution is 2.34. The van der Waals surface area contributed by atoms with Gasteiger partial charge in [0.25, 0.3) is 0 Å². The maximum atomic E-state index is 12.9. The van der Waals surface area contributed by atoms with Crippen LogP contribution in [0.15, 0.2) is 66.1 Å². The number of tetrazole rings is 1. The van der Waals surface area contributed by atoms with Gasteiger partial charge in [-0.05, 0) is 34.5 Å². The first-order valence-corrected chi connectivity index (χ1v) is 8.10. The molecule has 0 fully saturated rings. The number of pyridine rings is 1. The van der Waals surface area contributed by atoms with Crippen LogP contribution in [0, 0.1) is 0 Å². The average molecular weight is 348 g/mol. The molecule has 0 amide bonds. The van der Waals surface area contributed by atoms with Crippen LogP contribution in [0.5, 0.6) is 0 Å². The number of rotatable bonds is 4. The number of anilines is 1. The molecule has 0 bridgehead atoms. The first-order chi connectivity index (χ1) is 12.7. The Morgan fingerprint density at radius 3 is 2.85 bits per heavy atom. The van der Waals surface area contributed by atoms with E-state index in [9.17, 15) is 4.79 Å². The maximum absolute atomic E-state index is 12.9. The summed E-state index contributed by atoms with van der Waals surface area (Å²) >= 11 is 0. The average Bonchev–Trinajstić information content (AvgIpc) is 3.14. The normalized spacial score (nSPS) is 16.0. The van der Waals surface area contributed by atoms with Crippen molar-refractivity contribution < 1.29 is 9.53 Å². The van der Waals surface area contributed by atoms with Crippen LogP contribution in [0.1, 0.15) is 24.1 Å². The number of benzene rings is 1. The van der Waals surface area contributed by atoms with Gasteiger partial charge in [-0.25, -0.2) is 4.79 Å². The summed E-state index contributed by atoms with van der Waals surface area (Å²) in [6.07, 6.45) is 3.37. The molecular weight excluding hydrogens is 332 g/mol. The highest BCUT2D eigenvalue weighted by molar-refractivity contribution is 5.92. The molecular formula is C18H16N6O2. The van der Waals surface area contributed by atoms with Gasteiger partial charge < -0.3 is 10.1 Å². The zero-order valence-corrected chi connectivity index (χ0v) is 14.0. The molecule has 0 saturated heterocycles. The van der Waals surface area contributed by atoms with Crippen molar-refractivity contribution in [2.75, 3.05) is 5.32 Å². The van der Waals surface area contributed by atoms with Crippen molar-refractivity contribution in [3.05, 3.63) is 77.3 Å². The minimum Gasteiger partial charge on any atom is -0.457 e. The molecule has 0 radical (unpaired) electrons. The molecule has 1 aliphatic rings. The van der Waals surface area contributed by atoms with E-state index >= 15 is 0 Å². The third-order valence-corrected chi connectivity index (χ3v) is 4.15. The quantitative estimate of drug-likeness (QED) is 0.721. The molecule has 3 aromatic rings. The van der Waals surface area contributed by atoms with Crippen LogP contribution < -0.4 is 5.32 Å². The van der Waals surface area contributed by atoms with Crippen LogP contribution in [0.25, 0.3) is 0 Å². The van der Waals surface area contributed by atoms with Crippen LogP contribution in [0.2, 0.25) is 0 Å². The summed E-state index contributed by atoms with van der Waals surface area (Å²) in [7, 11) is 0. The van der Waals surface area contributed by atoms with Crippen LogP contribution in [-0.4, -0.2) is 31.2 Å². The topological polar surface area (TPSA) is 94.8 Å². The van der Waals surface area contributed by atoms with E-state index in [-0.39, 0.29) is 6.61 Å². The second kappa shape index (κ2) is 6.75. The summed E-state index contributed by atoms with van der Waals surface area (Å²) in [4.78, 5) is 17.0. The van der Waals surface area contributed by atoms with E-state index in [1.165, 1.54) is 0 Å². The van der Waals surface area contributed by atoms with E-state index in [1.807, 2.05) is 42.5 Å². The summed E-state index contributed by atoms with van der Waals surface area (Å²) in [6, 6.07) is 12.7. The molecule has 3 heterocycles. The van der Waals surface area contributed by atoms with Gasteiger partial charge in [-0.3, -0.25) is 4.98 Å². The number of aromatic nitrogens is 5. The van der Waals surface area contributed by atoms with Crippen molar-refractivity contribution in [3.8, 4) is 0 Å². The predicted octanol–water partition coefficient (Wildman–Crippen LogP) is 2.10. The summed E-state index contributed by atoms with van der Waals surface area (Å²) in [5.41, 5.74) is 2.82. The Morgan fingerprint density at radius 1 is 1.23 bits per heavy atom. The lowest BCUT2D eigenvalue weighted by atomic mass is 9.97. The Balaban J connectivity index is 1.67. The van der Waals surface area contributed by atoms with Crippen molar-refractivity contribution in [3.63, 3.8) is 0 Å². The van der Waals surface area contributed by atoms with Gasteiger partial charge in [0.1, 0.15) is 12.6 Å². The van der Waals surface area contributed by atoms with E-state index in [0.717, 1.165) is 11.1 Å². The van der Waals surface area contributed by atoms with Gasteiger partial charge in [-0.2, -0.15) is 4.68 Å². The lowest BCUT2D eigenvalue weighted by molar-refractivity contribution is -0.140. The number of hydrogen-bond acceptors (Lipinski definition) is 7. The first-order valence-electron chi connectivity index (χ1n) is 8.10. The maximum Gasteiger partial charge on any atom is 0.338 e. The van der Waals surface area contributed by atoms with Gasteiger partial charge >= 0.3 is 5.97 Å². The fourth-order valence-corrected chi connectivity index (χ4v) is 2.92. The number of nitrogens with zero attached hydrogens (tertiary/aromatic N) is 5. The Hall–Kier alpha value is -3.55. The minimum atomic E-state index is -0.502. The molecule has 1 aliphatic heterocycles. The van der Waals surface area contributed by atoms with Crippen LogP contribution in [0.4, 0.5) is 5.95 Å². The number of hydrogen-bond donors (Lipinski definition) is 1. The number of esters is 1. The van der Waals surface area contributed by atoms with E-state index in [0.29, 0.717) is 17.2 Å². The molecule has 2 aromatic heterocycles. The number of nitrogens with one attached hydrogen (secondary N) is 1. The first kappa shape index (κ1) is 15.9. The zero-order chi connectivity index (χ0) is 17.9. The molecule has 0 aliphatic carbocycles. The van der Waals surface area contributed by atoms with Crippen molar-refractivity contribution in [2.24, 2.45) is 0 Å². The molecule has 8 nitrogen and oxygen atoms in total.